The number of hydrogen-bond acceptors (Lipinski definition) is 7. The Morgan fingerprint density at radius 1 is 1.04 bits per heavy atom. The van der Waals surface area contributed by atoms with Gasteiger partial charge in [-0.05, 0) is 24.3 Å². The highest BCUT2D eigenvalue weighted by Gasteiger charge is 2.13. The third-order valence-corrected chi connectivity index (χ3v) is 3.35. The van der Waals surface area contributed by atoms with Crippen LogP contribution in [0.3, 0.4) is 0 Å². The lowest BCUT2D eigenvalue weighted by Gasteiger charge is -2.11. The van der Waals surface area contributed by atoms with Crippen molar-refractivity contribution in [1.82, 2.24) is 15.2 Å². The van der Waals surface area contributed by atoms with Crippen LogP contribution in [0.4, 0.5) is 31.9 Å². The quantitative estimate of drug-likeness (QED) is 0.676. The Morgan fingerprint density at radius 3 is 2.50 bits per heavy atom. The van der Waals surface area contributed by atoms with Crippen molar-refractivity contribution in [2.75, 3.05) is 17.7 Å². The average molecular weight is 357 g/mol. The van der Waals surface area contributed by atoms with Crippen molar-refractivity contribution in [3.63, 3.8) is 0 Å². The first-order valence-corrected chi connectivity index (χ1v) is 7.43. The number of halogens is 2. The molecule has 0 aliphatic heterocycles. The molecule has 0 bridgehead atoms. The van der Waals surface area contributed by atoms with Crippen molar-refractivity contribution in [3.05, 3.63) is 65.9 Å². The van der Waals surface area contributed by atoms with Gasteiger partial charge in [-0.2, -0.15) is 10.1 Å². The van der Waals surface area contributed by atoms with E-state index in [1.54, 1.807) is 24.3 Å². The van der Waals surface area contributed by atoms with Gasteiger partial charge in [0, 0.05) is 0 Å². The fourth-order valence-electron chi connectivity index (χ4n) is 2.16. The maximum atomic E-state index is 13.7. The molecule has 2 aromatic carbocycles. The number of para-hydroxylation sites is 2. The summed E-state index contributed by atoms with van der Waals surface area (Å²) < 4.78 is 32.2. The topological polar surface area (TPSA) is 89.0 Å². The summed E-state index contributed by atoms with van der Waals surface area (Å²) in [5.74, 6) is -2.00. The van der Waals surface area contributed by atoms with Gasteiger partial charge in [0.25, 0.3) is 0 Å². The maximum absolute atomic E-state index is 13.7. The SMILES string of the molecule is COC(=O)c1ccccc1Nc1cnnc(Nc2c(F)cccc2F)n1. The number of benzene rings is 2. The van der Waals surface area contributed by atoms with Crippen LogP contribution in [0, 0.1) is 11.6 Å². The minimum Gasteiger partial charge on any atom is -0.465 e. The predicted molar refractivity (Wildman–Crippen MR) is 90.5 cm³/mol. The summed E-state index contributed by atoms with van der Waals surface area (Å²) in [7, 11) is 1.27. The molecule has 0 saturated carbocycles. The van der Waals surface area contributed by atoms with E-state index in [0.29, 0.717) is 11.3 Å². The molecule has 26 heavy (non-hydrogen) atoms. The number of rotatable bonds is 5. The van der Waals surface area contributed by atoms with E-state index >= 15 is 0 Å². The molecule has 7 nitrogen and oxygen atoms in total. The molecule has 0 aliphatic rings. The highest BCUT2D eigenvalue weighted by molar-refractivity contribution is 5.96. The highest BCUT2D eigenvalue weighted by atomic mass is 19.1. The molecular weight excluding hydrogens is 344 g/mol. The molecule has 0 atom stereocenters. The Balaban J connectivity index is 1.86. The molecule has 2 N–H and O–H groups in total. The number of esters is 1. The molecule has 132 valence electrons. The van der Waals surface area contributed by atoms with E-state index in [0.717, 1.165) is 12.1 Å². The first-order valence-electron chi connectivity index (χ1n) is 7.43. The number of hydrogen-bond donors (Lipinski definition) is 2. The van der Waals surface area contributed by atoms with Crippen molar-refractivity contribution < 1.29 is 18.3 Å². The summed E-state index contributed by atoms with van der Waals surface area (Å²) in [5.41, 5.74) is 0.340. The zero-order valence-corrected chi connectivity index (χ0v) is 13.5. The molecule has 0 radical (unpaired) electrons. The second kappa shape index (κ2) is 7.51. The van der Waals surface area contributed by atoms with Gasteiger partial charge in [-0.15, -0.1) is 5.10 Å². The number of nitrogens with one attached hydrogen (secondary N) is 2. The Bertz CT molecular complexity index is 932. The van der Waals surface area contributed by atoms with Gasteiger partial charge in [0.15, 0.2) is 5.82 Å². The number of carbonyl (C=O) groups is 1. The maximum Gasteiger partial charge on any atom is 0.339 e. The van der Waals surface area contributed by atoms with Crippen LogP contribution >= 0.6 is 0 Å². The largest absolute Gasteiger partial charge is 0.465 e. The average Bonchev–Trinajstić information content (AvgIpc) is 2.65. The summed E-state index contributed by atoms with van der Waals surface area (Å²) in [4.78, 5) is 15.9. The van der Waals surface area contributed by atoms with Crippen molar-refractivity contribution in [2.45, 2.75) is 0 Å². The number of aromatic nitrogens is 3. The number of nitrogens with zero attached hydrogens (tertiary/aromatic N) is 3. The lowest BCUT2D eigenvalue weighted by molar-refractivity contribution is 0.0602. The highest BCUT2D eigenvalue weighted by Crippen LogP contribution is 2.23. The van der Waals surface area contributed by atoms with E-state index < -0.39 is 17.6 Å². The Labute approximate surface area is 147 Å². The second-order valence-electron chi connectivity index (χ2n) is 5.05. The lowest BCUT2D eigenvalue weighted by Crippen LogP contribution is -2.08. The number of ether oxygens (including phenoxy) is 1. The van der Waals surface area contributed by atoms with Crippen LogP contribution in [0.15, 0.2) is 48.7 Å². The molecule has 9 heteroatoms. The van der Waals surface area contributed by atoms with Gasteiger partial charge in [-0.1, -0.05) is 18.2 Å². The fourth-order valence-corrected chi connectivity index (χ4v) is 2.16. The van der Waals surface area contributed by atoms with Gasteiger partial charge >= 0.3 is 5.97 Å². The van der Waals surface area contributed by atoms with E-state index in [1.807, 2.05) is 0 Å². The second-order valence-corrected chi connectivity index (χ2v) is 5.05. The van der Waals surface area contributed by atoms with E-state index in [1.165, 1.54) is 19.4 Å². The number of methoxy groups -OCH3 is 1. The molecule has 0 saturated heterocycles. The van der Waals surface area contributed by atoms with Crippen molar-refractivity contribution in [2.24, 2.45) is 0 Å². The molecule has 1 heterocycles. The van der Waals surface area contributed by atoms with Crippen LogP contribution in [0.2, 0.25) is 0 Å². The number of anilines is 4. The lowest BCUT2D eigenvalue weighted by atomic mass is 10.2. The summed E-state index contributed by atoms with van der Waals surface area (Å²) in [6.45, 7) is 0. The van der Waals surface area contributed by atoms with E-state index in [2.05, 4.69) is 25.8 Å². The molecule has 0 fully saturated rings. The van der Waals surface area contributed by atoms with Crippen LogP contribution in [-0.2, 0) is 4.74 Å². The van der Waals surface area contributed by atoms with Gasteiger partial charge in [0.05, 0.1) is 24.6 Å². The summed E-state index contributed by atoms with van der Waals surface area (Å²) >= 11 is 0. The summed E-state index contributed by atoms with van der Waals surface area (Å²) in [6.07, 6.45) is 1.30. The van der Waals surface area contributed by atoms with Crippen LogP contribution in [0.1, 0.15) is 10.4 Å². The minimum atomic E-state index is -0.789. The number of carbonyl (C=O) groups excluding carboxylic acids is 1. The molecule has 3 rings (SSSR count). The zero-order chi connectivity index (χ0) is 18.5. The smallest absolute Gasteiger partial charge is 0.339 e. The molecule has 0 spiro atoms. The fraction of sp³-hybridized carbons (Fsp3) is 0.0588. The standard InChI is InChI=1S/C17H13F2N5O2/c1-26-16(25)10-5-2-3-8-13(10)21-14-9-20-24-17(22-14)23-15-11(18)6-4-7-12(15)19/h2-9H,1H3,(H2,21,22,23,24). The molecule has 0 unspecified atom stereocenters. The zero-order valence-electron chi connectivity index (χ0n) is 13.5. The Morgan fingerprint density at radius 2 is 1.77 bits per heavy atom. The van der Waals surface area contributed by atoms with Gasteiger partial charge < -0.3 is 15.4 Å². The first kappa shape index (κ1) is 17.2. The Hall–Kier alpha value is -3.62. The molecule has 0 aliphatic carbocycles. The summed E-state index contributed by atoms with van der Waals surface area (Å²) in [6, 6.07) is 10.1. The van der Waals surface area contributed by atoms with E-state index in [4.69, 9.17) is 4.74 Å². The monoisotopic (exact) mass is 357 g/mol. The third kappa shape index (κ3) is 3.72. The first-order chi connectivity index (χ1) is 12.6. The van der Waals surface area contributed by atoms with Gasteiger partial charge in [0.2, 0.25) is 5.95 Å². The van der Waals surface area contributed by atoms with E-state index in [9.17, 15) is 13.6 Å². The molecular formula is C17H13F2N5O2. The predicted octanol–water partition coefficient (Wildman–Crippen LogP) is 3.42. The van der Waals surface area contributed by atoms with Gasteiger partial charge in [0.1, 0.15) is 17.3 Å². The van der Waals surface area contributed by atoms with Crippen LogP contribution in [0.25, 0.3) is 0 Å². The van der Waals surface area contributed by atoms with Crippen LogP contribution < -0.4 is 10.6 Å². The molecule has 3 aromatic rings. The van der Waals surface area contributed by atoms with Crippen molar-refractivity contribution >= 4 is 29.1 Å². The van der Waals surface area contributed by atoms with Crippen LogP contribution in [0.5, 0.6) is 0 Å². The van der Waals surface area contributed by atoms with Gasteiger partial charge in [-0.3, -0.25) is 0 Å². The normalized spacial score (nSPS) is 10.3. The van der Waals surface area contributed by atoms with Crippen molar-refractivity contribution in [1.29, 1.82) is 0 Å². The van der Waals surface area contributed by atoms with Gasteiger partial charge in [-0.25, -0.2) is 13.6 Å². The molecule has 1 aromatic heterocycles. The van der Waals surface area contributed by atoms with Crippen LogP contribution in [-0.4, -0.2) is 28.3 Å². The molecule has 0 amide bonds. The third-order valence-electron chi connectivity index (χ3n) is 3.35. The van der Waals surface area contributed by atoms with Crippen molar-refractivity contribution in [3.8, 4) is 0 Å². The summed E-state index contributed by atoms with van der Waals surface area (Å²) in [5, 5.41) is 12.8. The Kier molecular flexibility index (Phi) is 4.97. The minimum absolute atomic E-state index is 0.116. The van der Waals surface area contributed by atoms with E-state index in [-0.39, 0.29) is 17.5 Å².